The molecule has 0 N–H and O–H groups in total. The van der Waals surface area contributed by atoms with E-state index < -0.39 is 0 Å². The molecule has 0 atom stereocenters. The largest absolute Gasteiger partial charge is 0.303 e. The molecule has 1 heterocycles. The number of halogens is 1. The smallest absolute Gasteiger partial charge is 0.124 e. The normalized spacial score (nSPS) is 10.5. The van der Waals surface area contributed by atoms with Crippen molar-refractivity contribution in [3.05, 3.63) is 33.6 Å². The maximum Gasteiger partial charge on any atom is 0.124 e. The molecular formula is C10H7BrOS. The van der Waals surface area contributed by atoms with Gasteiger partial charge in [0.1, 0.15) is 6.29 Å². The molecule has 0 saturated heterocycles. The Morgan fingerprint density at radius 3 is 2.92 bits per heavy atom. The topological polar surface area (TPSA) is 17.1 Å². The van der Waals surface area contributed by atoms with Crippen molar-refractivity contribution < 1.29 is 4.79 Å². The second-order valence-corrected chi connectivity index (χ2v) is 5.09. The first-order chi connectivity index (χ1) is 6.33. The molecular weight excluding hydrogens is 248 g/mol. The van der Waals surface area contributed by atoms with Crippen LogP contribution in [0.2, 0.25) is 0 Å². The molecule has 1 aromatic heterocycles. The number of aldehydes is 1. The fourth-order valence-corrected chi connectivity index (χ4v) is 3.20. The first kappa shape index (κ1) is 8.91. The van der Waals surface area contributed by atoms with Crippen molar-refractivity contribution in [2.75, 3.05) is 0 Å². The number of hydrogen-bond donors (Lipinski definition) is 0. The molecule has 0 amide bonds. The van der Waals surface area contributed by atoms with Crippen molar-refractivity contribution in [2.24, 2.45) is 0 Å². The predicted molar refractivity (Wildman–Crippen MR) is 59.3 cm³/mol. The van der Waals surface area contributed by atoms with E-state index in [1.165, 1.54) is 10.1 Å². The first-order valence-electron chi connectivity index (χ1n) is 3.92. The van der Waals surface area contributed by atoms with Gasteiger partial charge in [-0.05, 0) is 32.9 Å². The van der Waals surface area contributed by atoms with Crippen LogP contribution in [-0.2, 0) is 11.2 Å². The Morgan fingerprint density at radius 1 is 1.38 bits per heavy atom. The molecule has 0 fully saturated rings. The second-order valence-electron chi connectivity index (χ2n) is 2.72. The van der Waals surface area contributed by atoms with Crippen molar-refractivity contribution in [3.8, 4) is 0 Å². The lowest BCUT2D eigenvalue weighted by Crippen LogP contribution is -1.83. The van der Waals surface area contributed by atoms with Crippen LogP contribution in [0.3, 0.4) is 0 Å². The third kappa shape index (κ3) is 1.54. The van der Waals surface area contributed by atoms with Crippen molar-refractivity contribution >= 4 is 43.6 Å². The number of thiophene rings is 1. The van der Waals surface area contributed by atoms with Gasteiger partial charge in [-0.2, -0.15) is 0 Å². The van der Waals surface area contributed by atoms with Gasteiger partial charge in [0.05, 0.1) is 3.79 Å². The molecule has 1 aromatic carbocycles. The molecule has 0 aliphatic carbocycles. The standard InChI is InChI=1S/C10H7BrOS/c11-10-8(5-6-12)7-3-1-2-4-9(7)13-10/h1-4,6H,5H2. The summed E-state index contributed by atoms with van der Waals surface area (Å²) in [4.78, 5) is 10.5. The molecule has 13 heavy (non-hydrogen) atoms. The summed E-state index contributed by atoms with van der Waals surface area (Å²) in [5, 5.41) is 1.19. The Morgan fingerprint density at radius 2 is 2.15 bits per heavy atom. The molecule has 0 aliphatic rings. The van der Waals surface area contributed by atoms with E-state index in [0.717, 1.165) is 15.6 Å². The van der Waals surface area contributed by atoms with E-state index in [0.29, 0.717) is 6.42 Å². The highest BCUT2D eigenvalue weighted by Gasteiger charge is 2.07. The summed E-state index contributed by atoms with van der Waals surface area (Å²) in [7, 11) is 0. The van der Waals surface area contributed by atoms with E-state index in [9.17, 15) is 4.79 Å². The van der Waals surface area contributed by atoms with Crippen molar-refractivity contribution in [3.63, 3.8) is 0 Å². The van der Waals surface area contributed by atoms with Gasteiger partial charge in [0.25, 0.3) is 0 Å². The Kier molecular flexibility index (Phi) is 2.47. The fraction of sp³-hybridized carbons (Fsp3) is 0.100. The molecule has 2 aromatic rings. The van der Waals surface area contributed by atoms with Crippen molar-refractivity contribution in [1.29, 1.82) is 0 Å². The van der Waals surface area contributed by atoms with Gasteiger partial charge in [0.2, 0.25) is 0 Å². The Labute approximate surface area is 88.5 Å². The molecule has 0 aliphatic heterocycles. The van der Waals surface area contributed by atoms with E-state index in [1.807, 2.05) is 12.1 Å². The predicted octanol–water partition coefficient (Wildman–Crippen LogP) is 3.41. The summed E-state index contributed by atoms with van der Waals surface area (Å²) in [5.41, 5.74) is 1.11. The summed E-state index contributed by atoms with van der Waals surface area (Å²) >= 11 is 5.15. The number of fused-ring (bicyclic) bond motifs is 1. The zero-order valence-corrected chi connectivity index (χ0v) is 9.19. The minimum Gasteiger partial charge on any atom is -0.303 e. The quantitative estimate of drug-likeness (QED) is 0.751. The Bertz CT molecular complexity index is 447. The third-order valence-corrected chi connectivity index (χ3v) is 3.90. The molecule has 2 rings (SSSR count). The van der Waals surface area contributed by atoms with E-state index in [4.69, 9.17) is 0 Å². The summed E-state index contributed by atoms with van der Waals surface area (Å²) in [6.45, 7) is 0. The summed E-state index contributed by atoms with van der Waals surface area (Å²) in [6, 6.07) is 8.13. The maximum atomic E-state index is 10.5. The van der Waals surface area contributed by atoms with Gasteiger partial charge in [0.15, 0.2) is 0 Å². The van der Waals surface area contributed by atoms with Gasteiger partial charge in [0, 0.05) is 11.1 Å². The summed E-state index contributed by atoms with van der Waals surface area (Å²) in [6.07, 6.45) is 1.43. The van der Waals surface area contributed by atoms with Crippen molar-refractivity contribution in [2.45, 2.75) is 6.42 Å². The molecule has 0 spiro atoms. The minimum atomic E-state index is 0.491. The highest BCUT2D eigenvalue weighted by Crippen LogP contribution is 2.35. The van der Waals surface area contributed by atoms with E-state index in [1.54, 1.807) is 11.3 Å². The molecule has 0 radical (unpaired) electrons. The van der Waals surface area contributed by atoms with Crippen LogP contribution < -0.4 is 0 Å². The van der Waals surface area contributed by atoms with Crippen LogP contribution in [-0.4, -0.2) is 6.29 Å². The van der Waals surface area contributed by atoms with Gasteiger partial charge in [-0.3, -0.25) is 0 Å². The zero-order chi connectivity index (χ0) is 9.26. The van der Waals surface area contributed by atoms with Crippen LogP contribution in [0.1, 0.15) is 5.56 Å². The first-order valence-corrected chi connectivity index (χ1v) is 5.53. The van der Waals surface area contributed by atoms with Crippen LogP contribution in [0, 0.1) is 0 Å². The van der Waals surface area contributed by atoms with Crippen molar-refractivity contribution in [1.82, 2.24) is 0 Å². The summed E-state index contributed by atoms with van der Waals surface area (Å²) < 4.78 is 2.30. The van der Waals surface area contributed by atoms with Gasteiger partial charge < -0.3 is 4.79 Å². The van der Waals surface area contributed by atoms with E-state index in [-0.39, 0.29) is 0 Å². The summed E-state index contributed by atoms with van der Waals surface area (Å²) in [5.74, 6) is 0. The van der Waals surface area contributed by atoms with E-state index in [2.05, 4.69) is 28.1 Å². The van der Waals surface area contributed by atoms with Gasteiger partial charge in [-0.15, -0.1) is 11.3 Å². The lowest BCUT2D eigenvalue weighted by atomic mass is 10.1. The van der Waals surface area contributed by atoms with Crippen LogP contribution in [0.4, 0.5) is 0 Å². The number of carbonyl (C=O) groups excluding carboxylic acids is 1. The van der Waals surface area contributed by atoms with Gasteiger partial charge in [-0.1, -0.05) is 18.2 Å². The number of hydrogen-bond acceptors (Lipinski definition) is 2. The minimum absolute atomic E-state index is 0.491. The zero-order valence-electron chi connectivity index (χ0n) is 6.79. The Balaban J connectivity index is 2.70. The van der Waals surface area contributed by atoms with Crippen LogP contribution >= 0.6 is 27.3 Å². The fourth-order valence-electron chi connectivity index (χ4n) is 1.34. The average Bonchev–Trinajstić information content (AvgIpc) is 2.44. The number of carbonyl (C=O) groups is 1. The lowest BCUT2D eigenvalue weighted by Gasteiger charge is -1.92. The highest BCUT2D eigenvalue weighted by molar-refractivity contribution is 9.11. The monoisotopic (exact) mass is 254 g/mol. The third-order valence-electron chi connectivity index (χ3n) is 1.94. The molecule has 0 bridgehead atoms. The molecule has 1 nitrogen and oxygen atoms in total. The van der Waals surface area contributed by atoms with Gasteiger partial charge >= 0.3 is 0 Å². The lowest BCUT2D eigenvalue weighted by molar-refractivity contribution is -0.107. The molecule has 3 heteroatoms. The second kappa shape index (κ2) is 3.60. The SMILES string of the molecule is O=CCc1c(Br)sc2ccccc12. The van der Waals surface area contributed by atoms with Crippen LogP contribution in [0.25, 0.3) is 10.1 Å². The highest BCUT2D eigenvalue weighted by atomic mass is 79.9. The van der Waals surface area contributed by atoms with Crippen LogP contribution in [0.5, 0.6) is 0 Å². The molecule has 0 unspecified atom stereocenters. The Hall–Kier alpha value is -0.670. The molecule has 0 saturated carbocycles. The average molecular weight is 255 g/mol. The maximum absolute atomic E-state index is 10.5. The number of benzene rings is 1. The van der Waals surface area contributed by atoms with Crippen LogP contribution in [0.15, 0.2) is 28.1 Å². The van der Waals surface area contributed by atoms with Gasteiger partial charge in [-0.25, -0.2) is 0 Å². The molecule has 66 valence electrons. The number of rotatable bonds is 2. The van der Waals surface area contributed by atoms with E-state index >= 15 is 0 Å².